The molecule has 4 rings (SSSR count). The Bertz CT molecular complexity index is 797. The van der Waals surface area contributed by atoms with Crippen molar-refractivity contribution in [2.75, 3.05) is 32.8 Å². The van der Waals surface area contributed by atoms with Gasteiger partial charge in [-0.05, 0) is 75.1 Å². The molecular weight excluding hydrogens is 436 g/mol. The molecule has 1 aromatic carbocycles. The molecule has 2 unspecified atom stereocenters. The van der Waals surface area contributed by atoms with Crippen molar-refractivity contribution in [3.05, 3.63) is 29.8 Å². The molecule has 8 heteroatoms. The zero-order valence-electron chi connectivity index (χ0n) is 20.2. The van der Waals surface area contributed by atoms with Crippen LogP contribution in [0.3, 0.4) is 0 Å². The number of hydrogen-bond donors (Lipinski definition) is 2. The number of likely N-dealkylation sites (tertiary alicyclic amines) is 1. The SMILES string of the molecule is CCN(C(=O)c1ccc(OCCCN2CC3CCCC3C2)cc1)C1CCCC1.O=C(O)C(=O)O. The number of hydrogen-bond acceptors (Lipinski definition) is 5. The van der Waals surface area contributed by atoms with Crippen LogP contribution in [-0.4, -0.2) is 76.7 Å². The van der Waals surface area contributed by atoms with Gasteiger partial charge in [-0.15, -0.1) is 0 Å². The minimum atomic E-state index is -1.82. The van der Waals surface area contributed by atoms with Crippen molar-refractivity contribution in [1.29, 1.82) is 0 Å². The van der Waals surface area contributed by atoms with Crippen LogP contribution in [0.25, 0.3) is 0 Å². The second-order valence-corrected chi connectivity index (χ2v) is 9.58. The van der Waals surface area contributed by atoms with Crippen LogP contribution in [0.5, 0.6) is 5.75 Å². The van der Waals surface area contributed by atoms with Crippen molar-refractivity contribution in [2.24, 2.45) is 11.8 Å². The summed E-state index contributed by atoms with van der Waals surface area (Å²) in [5.41, 5.74) is 0.782. The number of ether oxygens (including phenoxy) is 1. The smallest absolute Gasteiger partial charge is 0.414 e. The number of rotatable bonds is 8. The zero-order chi connectivity index (χ0) is 24.5. The Morgan fingerprint density at radius 1 is 0.941 bits per heavy atom. The number of aliphatic carboxylic acids is 2. The third-order valence-corrected chi connectivity index (χ3v) is 7.34. The van der Waals surface area contributed by atoms with Gasteiger partial charge in [0.2, 0.25) is 0 Å². The van der Waals surface area contributed by atoms with Gasteiger partial charge in [0.25, 0.3) is 5.91 Å². The summed E-state index contributed by atoms with van der Waals surface area (Å²) in [6.45, 7) is 7.38. The monoisotopic (exact) mass is 474 g/mol. The van der Waals surface area contributed by atoms with E-state index < -0.39 is 11.9 Å². The molecule has 1 amide bonds. The molecule has 0 aromatic heterocycles. The van der Waals surface area contributed by atoms with Crippen LogP contribution in [0.4, 0.5) is 0 Å². The van der Waals surface area contributed by atoms with E-state index >= 15 is 0 Å². The Kier molecular flexibility index (Phi) is 9.74. The summed E-state index contributed by atoms with van der Waals surface area (Å²) in [4.78, 5) is 35.7. The van der Waals surface area contributed by atoms with Crippen LogP contribution in [0.2, 0.25) is 0 Å². The summed E-state index contributed by atoms with van der Waals surface area (Å²) in [6, 6.07) is 8.19. The standard InChI is InChI=1S/C24H36N2O2.C2H2O4/c1-2-26(22-9-3-4-10-22)24(27)19-11-13-23(14-12-19)28-16-6-15-25-17-20-7-5-8-21(20)18-25;3-1(4)2(5)6/h11-14,20-22H,2-10,15-18H2,1H3;(H,3,4)(H,5,6). The van der Waals surface area contributed by atoms with Gasteiger partial charge >= 0.3 is 11.9 Å². The maximum Gasteiger partial charge on any atom is 0.414 e. The van der Waals surface area contributed by atoms with E-state index in [0.717, 1.165) is 62.1 Å². The molecule has 8 nitrogen and oxygen atoms in total. The fraction of sp³-hybridized carbons (Fsp3) is 0.654. The number of amides is 1. The first-order valence-electron chi connectivity index (χ1n) is 12.6. The lowest BCUT2D eigenvalue weighted by Gasteiger charge is -2.27. The van der Waals surface area contributed by atoms with Crippen LogP contribution >= 0.6 is 0 Å². The number of nitrogens with zero attached hydrogens (tertiary/aromatic N) is 2. The van der Waals surface area contributed by atoms with Crippen molar-refractivity contribution in [1.82, 2.24) is 9.80 Å². The van der Waals surface area contributed by atoms with E-state index in [1.165, 1.54) is 45.2 Å². The number of carboxylic acids is 2. The first-order chi connectivity index (χ1) is 16.4. The lowest BCUT2D eigenvalue weighted by atomic mass is 10.0. The van der Waals surface area contributed by atoms with E-state index in [-0.39, 0.29) is 5.91 Å². The average Bonchev–Trinajstić information content (AvgIpc) is 3.56. The highest BCUT2D eigenvalue weighted by Gasteiger charge is 2.35. The lowest BCUT2D eigenvalue weighted by molar-refractivity contribution is -0.159. The molecule has 1 aliphatic heterocycles. The zero-order valence-corrected chi connectivity index (χ0v) is 20.2. The van der Waals surface area contributed by atoms with Gasteiger partial charge in [-0.3, -0.25) is 4.79 Å². The van der Waals surface area contributed by atoms with Crippen molar-refractivity contribution in [2.45, 2.75) is 64.3 Å². The van der Waals surface area contributed by atoms with Gasteiger partial charge in [0.15, 0.2) is 0 Å². The summed E-state index contributed by atoms with van der Waals surface area (Å²) < 4.78 is 5.93. The number of carboxylic acid groups (broad SMARTS) is 2. The van der Waals surface area contributed by atoms with E-state index in [2.05, 4.69) is 11.8 Å². The Morgan fingerprint density at radius 2 is 1.53 bits per heavy atom. The van der Waals surface area contributed by atoms with Crippen molar-refractivity contribution >= 4 is 17.8 Å². The minimum Gasteiger partial charge on any atom is -0.494 e. The topological polar surface area (TPSA) is 107 Å². The number of fused-ring (bicyclic) bond motifs is 1. The number of carbonyl (C=O) groups excluding carboxylic acids is 1. The second kappa shape index (κ2) is 12.7. The molecule has 0 radical (unpaired) electrons. The van der Waals surface area contributed by atoms with Gasteiger partial charge in [-0.2, -0.15) is 0 Å². The Labute approximate surface area is 201 Å². The molecule has 1 saturated heterocycles. The van der Waals surface area contributed by atoms with Crippen LogP contribution in [0, 0.1) is 11.8 Å². The molecule has 34 heavy (non-hydrogen) atoms. The van der Waals surface area contributed by atoms with Crippen LogP contribution in [0.1, 0.15) is 68.6 Å². The summed E-state index contributed by atoms with van der Waals surface area (Å²) in [7, 11) is 0. The van der Waals surface area contributed by atoms with Gasteiger partial charge in [0.1, 0.15) is 5.75 Å². The van der Waals surface area contributed by atoms with Gasteiger partial charge in [0, 0.05) is 37.8 Å². The molecule has 2 N–H and O–H groups in total. The second-order valence-electron chi connectivity index (χ2n) is 9.58. The minimum absolute atomic E-state index is 0.167. The maximum atomic E-state index is 12.8. The average molecular weight is 475 g/mol. The molecule has 2 atom stereocenters. The molecule has 0 spiro atoms. The van der Waals surface area contributed by atoms with Crippen molar-refractivity contribution < 1.29 is 29.3 Å². The lowest BCUT2D eigenvalue weighted by Crippen LogP contribution is -2.38. The van der Waals surface area contributed by atoms with Crippen LogP contribution in [-0.2, 0) is 9.59 Å². The van der Waals surface area contributed by atoms with Crippen molar-refractivity contribution in [3.8, 4) is 5.75 Å². The maximum absolute atomic E-state index is 12.8. The molecule has 1 aromatic rings. The van der Waals surface area contributed by atoms with E-state index in [1.54, 1.807) is 0 Å². The normalized spacial score (nSPS) is 22.0. The van der Waals surface area contributed by atoms with E-state index in [9.17, 15) is 4.79 Å². The number of benzene rings is 1. The molecule has 2 saturated carbocycles. The van der Waals surface area contributed by atoms with Gasteiger partial charge in [-0.1, -0.05) is 19.3 Å². The molecule has 1 heterocycles. The first-order valence-corrected chi connectivity index (χ1v) is 12.6. The summed E-state index contributed by atoms with van der Waals surface area (Å²) in [6.07, 6.45) is 10.2. The highest BCUT2D eigenvalue weighted by atomic mass is 16.5. The molecule has 3 aliphatic rings. The quantitative estimate of drug-likeness (QED) is 0.436. The number of carbonyl (C=O) groups is 3. The van der Waals surface area contributed by atoms with Crippen LogP contribution < -0.4 is 4.74 Å². The largest absolute Gasteiger partial charge is 0.494 e. The molecule has 2 aliphatic carbocycles. The van der Waals surface area contributed by atoms with Gasteiger partial charge in [0.05, 0.1) is 6.61 Å². The van der Waals surface area contributed by atoms with Crippen LogP contribution in [0.15, 0.2) is 24.3 Å². The molecule has 3 fully saturated rings. The molecule has 188 valence electrons. The summed E-state index contributed by atoms with van der Waals surface area (Å²) in [5, 5.41) is 14.8. The van der Waals surface area contributed by atoms with E-state index in [4.69, 9.17) is 24.5 Å². The fourth-order valence-corrected chi connectivity index (χ4v) is 5.64. The van der Waals surface area contributed by atoms with Crippen molar-refractivity contribution in [3.63, 3.8) is 0 Å². The van der Waals surface area contributed by atoms with Gasteiger partial charge < -0.3 is 24.7 Å². The van der Waals surface area contributed by atoms with E-state index in [1.807, 2.05) is 29.2 Å². The Hall–Kier alpha value is -2.61. The fourth-order valence-electron chi connectivity index (χ4n) is 5.64. The predicted molar refractivity (Wildman–Crippen MR) is 128 cm³/mol. The van der Waals surface area contributed by atoms with E-state index in [0.29, 0.717) is 6.04 Å². The molecular formula is C26H38N2O6. The summed E-state index contributed by atoms with van der Waals surface area (Å²) >= 11 is 0. The third-order valence-electron chi connectivity index (χ3n) is 7.34. The Morgan fingerprint density at radius 3 is 2.06 bits per heavy atom. The first kappa shape index (κ1) is 26.0. The summed E-state index contributed by atoms with van der Waals surface area (Å²) in [5.74, 6) is -0.667. The highest BCUT2D eigenvalue weighted by Crippen LogP contribution is 2.37. The third kappa shape index (κ3) is 7.19. The predicted octanol–water partition coefficient (Wildman–Crippen LogP) is 3.75. The van der Waals surface area contributed by atoms with Gasteiger partial charge in [-0.25, -0.2) is 9.59 Å². The highest BCUT2D eigenvalue weighted by molar-refractivity contribution is 6.27. The molecule has 0 bridgehead atoms. The Balaban J connectivity index is 0.000000481.